The van der Waals surface area contributed by atoms with Gasteiger partial charge in [0.25, 0.3) is 0 Å². The van der Waals surface area contributed by atoms with Gasteiger partial charge in [-0.2, -0.15) is 0 Å². The second-order valence-corrected chi connectivity index (χ2v) is 6.17. The molecule has 126 valence electrons. The van der Waals surface area contributed by atoms with Crippen LogP contribution >= 0.6 is 0 Å². The Balaban J connectivity index is 1.78. The van der Waals surface area contributed by atoms with Crippen LogP contribution in [-0.2, 0) is 16.1 Å². The SMILES string of the molecule is CCC(NC(=O)OCc1ccccc1)C1CCC(C(=O)O)CC1. The summed E-state index contributed by atoms with van der Waals surface area (Å²) < 4.78 is 5.27. The van der Waals surface area contributed by atoms with E-state index in [1.165, 1.54) is 0 Å². The van der Waals surface area contributed by atoms with Crippen molar-refractivity contribution in [2.24, 2.45) is 11.8 Å². The number of carbonyl (C=O) groups excluding carboxylic acids is 1. The maximum absolute atomic E-state index is 12.0. The van der Waals surface area contributed by atoms with Crippen molar-refractivity contribution in [1.82, 2.24) is 5.32 Å². The number of aliphatic carboxylic acids is 1. The molecule has 0 heterocycles. The number of amides is 1. The molecule has 5 nitrogen and oxygen atoms in total. The molecule has 5 heteroatoms. The number of alkyl carbamates (subject to hydrolysis) is 1. The fourth-order valence-electron chi connectivity index (χ4n) is 3.24. The van der Waals surface area contributed by atoms with Crippen molar-refractivity contribution in [1.29, 1.82) is 0 Å². The maximum Gasteiger partial charge on any atom is 0.407 e. The first-order valence-corrected chi connectivity index (χ1v) is 8.30. The third kappa shape index (κ3) is 5.27. The molecule has 0 aromatic heterocycles. The van der Waals surface area contributed by atoms with E-state index in [2.05, 4.69) is 5.32 Å². The molecule has 1 unspecified atom stereocenters. The van der Waals surface area contributed by atoms with Gasteiger partial charge in [-0.05, 0) is 43.6 Å². The minimum absolute atomic E-state index is 0.0491. The smallest absolute Gasteiger partial charge is 0.407 e. The highest BCUT2D eigenvalue weighted by Crippen LogP contribution is 2.32. The van der Waals surface area contributed by atoms with Crippen LogP contribution in [0.5, 0.6) is 0 Å². The van der Waals surface area contributed by atoms with Gasteiger partial charge >= 0.3 is 12.1 Å². The predicted octanol–water partition coefficient (Wildman–Crippen LogP) is 3.58. The number of carboxylic acid groups (broad SMARTS) is 1. The first kappa shape index (κ1) is 17.3. The van der Waals surface area contributed by atoms with Gasteiger partial charge in [0.1, 0.15) is 6.61 Å². The molecule has 1 aromatic rings. The molecule has 1 saturated carbocycles. The van der Waals surface area contributed by atoms with E-state index in [1.807, 2.05) is 37.3 Å². The lowest BCUT2D eigenvalue weighted by Gasteiger charge is -2.32. The molecule has 1 aromatic carbocycles. The van der Waals surface area contributed by atoms with E-state index in [0.717, 1.165) is 24.8 Å². The minimum Gasteiger partial charge on any atom is -0.481 e. The molecule has 0 bridgehead atoms. The number of ether oxygens (including phenoxy) is 1. The first-order valence-electron chi connectivity index (χ1n) is 8.30. The van der Waals surface area contributed by atoms with Crippen LogP contribution in [0, 0.1) is 11.8 Å². The Bertz CT molecular complexity index is 509. The number of benzene rings is 1. The van der Waals surface area contributed by atoms with Crippen molar-refractivity contribution in [3.63, 3.8) is 0 Å². The molecule has 0 radical (unpaired) electrons. The molecule has 1 amide bonds. The van der Waals surface area contributed by atoms with Gasteiger partial charge in [-0.3, -0.25) is 4.79 Å². The molecule has 1 atom stereocenters. The number of hydrogen-bond acceptors (Lipinski definition) is 3. The Morgan fingerprint density at radius 3 is 2.43 bits per heavy atom. The monoisotopic (exact) mass is 319 g/mol. The molecule has 2 N–H and O–H groups in total. The van der Waals surface area contributed by atoms with Gasteiger partial charge < -0.3 is 15.2 Å². The molecule has 1 aliphatic rings. The second kappa shape index (κ2) is 8.56. The van der Waals surface area contributed by atoms with E-state index in [1.54, 1.807) is 0 Å². The van der Waals surface area contributed by atoms with Gasteiger partial charge in [0.15, 0.2) is 0 Å². The number of hydrogen-bond donors (Lipinski definition) is 2. The van der Waals surface area contributed by atoms with Crippen LogP contribution < -0.4 is 5.32 Å². The van der Waals surface area contributed by atoms with E-state index in [-0.39, 0.29) is 18.6 Å². The average Bonchev–Trinajstić information content (AvgIpc) is 2.59. The van der Waals surface area contributed by atoms with Crippen LogP contribution in [-0.4, -0.2) is 23.2 Å². The summed E-state index contributed by atoms with van der Waals surface area (Å²) >= 11 is 0. The van der Waals surface area contributed by atoms with Crippen LogP contribution in [0.25, 0.3) is 0 Å². The van der Waals surface area contributed by atoms with Gasteiger partial charge in [-0.15, -0.1) is 0 Å². The van der Waals surface area contributed by atoms with Crippen LogP contribution in [0.2, 0.25) is 0 Å². The summed E-state index contributed by atoms with van der Waals surface area (Å²) in [5, 5.41) is 12.0. The highest BCUT2D eigenvalue weighted by atomic mass is 16.5. The van der Waals surface area contributed by atoms with E-state index < -0.39 is 12.1 Å². The number of rotatable bonds is 6. The van der Waals surface area contributed by atoms with Crippen molar-refractivity contribution in [3.8, 4) is 0 Å². The molecule has 0 spiro atoms. The van der Waals surface area contributed by atoms with E-state index >= 15 is 0 Å². The molecular weight excluding hydrogens is 294 g/mol. The topological polar surface area (TPSA) is 75.6 Å². The minimum atomic E-state index is -0.702. The Labute approximate surface area is 137 Å². The van der Waals surface area contributed by atoms with Gasteiger partial charge in [-0.25, -0.2) is 4.79 Å². The summed E-state index contributed by atoms with van der Waals surface area (Å²) in [5.41, 5.74) is 0.956. The predicted molar refractivity (Wildman–Crippen MR) is 86.9 cm³/mol. The zero-order valence-electron chi connectivity index (χ0n) is 13.5. The third-order valence-corrected chi connectivity index (χ3v) is 4.65. The van der Waals surface area contributed by atoms with Gasteiger partial charge in [0, 0.05) is 6.04 Å². The van der Waals surface area contributed by atoms with Crippen molar-refractivity contribution in [2.75, 3.05) is 0 Å². The fourth-order valence-corrected chi connectivity index (χ4v) is 3.24. The Morgan fingerprint density at radius 2 is 1.87 bits per heavy atom. The van der Waals surface area contributed by atoms with Crippen LogP contribution in [0.1, 0.15) is 44.6 Å². The molecule has 0 aliphatic heterocycles. The third-order valence-electron chi connectivity index (χ3n) is 4.65. The van der Waals surface area contributed by atoms with Crippen molar-refractivity contribution < 1.29 is 19.4 Å². The number of carboxylic acids is 1. The second-order valence-electron chi connectivity index (χ2n) is 6.17. The highest BCUT2D eigenvalue weighted by Gasteiger charge is 2.30. The van der Waals surface area contributed by atoms with E-state index in [9.17, 15) is 9.59 Å². The van der Waals surface area contributed by atoms with Gasteiger partial charge in [-0.1, -0.05) is 37.3 Å². The fraction of sp³-hybridized carbons (Fsp3) is 0.556. The summed E-state index contributed by atoms with van der Waals surface area (Å²) in [5.74, 6) is -0.597. The Hall–Kier alpha value is -2.04. The quantitative estimate of drug-likeness (QED) is 0.840. The number of nitrogens with one attached hydrogen (secondary N) is 1. The van der Waals surface area contributed by atoms with E-state index in [4.69, 9.17) is 9.84 Å². The molecular formula is C18H25NO4. The lowest BCUT2D eigenvalue weighted by atomic mass is 9.78. The van der Waals surface area contributed by atoms with Crippen LogP contribution in [0.15, 0.2) is 30.3 Å². The maximum atomic E-state index is 12.0. The molecule has 1 aliphatic carbocycles. The summed E-state index contributed by atoms with van der Waals surface area (Å²) in [6, 6.07) is 9.62. The standard InChI is InChI=1S/C18H25NO4/c1-2-16(14-8-10-15(11-9-14)17(20)21)19-18(22)23-12-13-6-4-3-5-7-13/h3-7,14-16H,2,8-12H2,1H3,(H,19,22)(H,20,21). The average molecular weight is 319 g/mol. The molecule has 0 saturated heterocycles. The zero-order chi connectivity index (χ0) is 16.7. The summed E-state index contributed by atoms with van der Waals surface area (Å²) in [7, 11) is 0. The lowest BCUT2D eigenvalue weighted by Crippen LogP contribution is -2.42. The summed E-state index contributed by atoms with van der Waals surface area (Å²) in [6.45, 7) is 2.29. The largest absolute Gasteiger partial charge is 0.481 e. The van der Waals surface area contributed by atoms with Crippen molar-refractivity contribution in [2.45, 2.75) is 51.7 Å². The van der Waals surface area contributed by atoms with Crippen LogP contribution in [0.4, 0.5) is 4.79 Å². The zero-order valence-corrected chi connectivity index (χ0v) is 13.5. The molecule has 2 rings (SSSR count). The summed E-state index contributed by atoms with van der Waals surface area (Å²) in [6.07, 6.45) is 3.49. The van der Waals surface area contributed by atoms with Gasteiger partial charge in [0.2, 0.25) is 0 Å². The lowest BCUT2D eigenvalue weighted by molar-refractivity contribution is -0.143. The number of carbonyl (C=O) groups is 2. The Kier molecular flexibility index (Phi) is 6.44. The molecule has 1 fully saturated rings. The normalized spacial score (nSPS) is 22.1. The van der Waals surface area contributed by atoms with E-state index in [0.29, 0.717) is 18.8 Å². The van der Waals surface area contributed by atoms with Gasteiger partial charge in [0.05, 0.1) is 5.92 Å². The highest BCUT2D eigenvalue weighted by molar-refractivity contribution is 5.70. The van der Waals surface area contributed by atoms with Crippen molar-refractivity contribution in [3.05, 3.63) is 35.9 Å². The Morgan fingerprint density at radius 1 is 1.22 bits per heavy atom. The molecule has 23 heavy (non-hydrogen) atoms. The van der Waals surface area contributed by atoms with Crippen LogP contribution in [0.3, 0.4) is 0 Å². The summed E-state index contributed by atoms with van der Waals surface area (Å²) in [4.78, 5) is 23.0. The van der Waals surface area contributed by atoms with Crippen molar-refractivity contribution >= 4 is 12.1 Å². The first-order chi connectivity index (χ1) is 11.1.